The second-order valence-electron chi connectivity index (χ2n) is 1.60. The minimum Gasteiger partial charge on any atom is -0.255 e. The van der Waals surface area contributed by atoms with Gasteiger partial charge in [-0.15, -0.1) is 0 Å². The Morgan fingerprint density at radius 1 is 1.44 bits per heavy atom. The summed E-state index contributed by atoms with van der Waals surface area (Å²) in [5.74, 6) is 0. The summed E-state index contributed by atoms with van der Waals surface area (Å²) in [5, 5.41) is 0. The molecule has 1 rings (SSSR count). The molecule has 0 amide bonds. The molecular weight excluding hydrogens is 132 g/mol. The molecule has 0 aliphatic rings. The van der Waals surface area contributed by atoms with Crippen LogP contribution in [0.3, 0.4) is 0 Å². The van der Waals surface area contributed by atoms with E-state index in [9.17, 15) is 4.21 Å². The lowest BCUT2D eigenvalue weighted by Gasteiger charge is -1.90. The SMILES string of the molecule is [2H]c1cccc([2H])c1S(C)=O. The van der Waals surface area contributed by atoms with E-state index in [1.165, 1.54) is 18.4 Å². The van der Waals surface area contributed by atoms with E-state index in [1.54, 1.807) is 6.07 Å². The molecule has 1 aromatic rings. The first kappa shape index (κ1) is 4.23. The van der Waals surface area contributed by atoms with Crippen molar-refractivity contribution in [3.63, 3.8) is 0 Å². The third kappa shape index (κ3) is 1.64. The Kier molecular flexibility index (Phi) is 1.31. The van der Waals surface area contributed by atoms with Gasteiger partial charge in [0.25, 0.3) is 0 Å². The maximum Gasteiger partial charge on any atom is 0.0635 e. The molecule has 2 heteroatoms. The van der Waals surface area contributed by atoms with Crippen molar-refractivity contribution in [3.05, 3.63) is 30.3 Å². The Morgan fingerprint density at radius 3 is 2.33 bits per heavy atom. The molecule has 1 aromatic carbocycles. The van der Waals surface area contributed by atoms with Crippen LogP contribution in [0.15, 0.2) is 35.2 Å². The van der Waals surface area contributed by atoms with Gasteiger partial charge in [-0.05, 0) is 12.1 Å². The normalized spacial score (nSPS) is 16.1. The largest absolute Gasteiger partial charge is 0.255 e. The third-order valence-electron chi connectivity index (χ3n) is 0.909. The van der Waals surface area contributed by atoms with Crippen molar-refractivity contribution in [2.24, 2.45) is 0 Å². The van der Waals surface area contributed by atoms with Gasteiger partial charge in [0.05, 0.1) is 2.74 Å². The van der Waals surface area contributed by atoms with E-state index in [1.807, 2.05) is 0 Å². The van der Waals surface area contributed by atoms with Crippen LogP contribution < -0.4 is 0 Å². The molecule has 9 heavy (non-hydrogen) atoms. The molecule has 0 saturated heterocycles. The molecule has 0 aliphatic heterocycles. The van der Waals surface area contributed by atoms with Crippen LogP contribution in [0.1, 0.15) is 2.74 Å². The summed E-state index contributed by atoms with van der Waals surface area (Å²) < 4.78 is 25.6. The summed E-state index contributed by atoms with van der Waals surface area (Å²) >= 11 is 0. The molecule has 0 radical (unpaired) electrons. The second-order valence-corrected chi connectivity index (χ2v) is 2.91. The van der Waals surface area contributed by atoms with E-state index >= 15 is 0 Å². The van der Waals surface area contributed by atoms with Gasteiger partial charge >= 0.3 is 0 Å². The predicted octanol–water partition coefficient (Wildman–Crippen LogP) is 1.42. The number of benzene rings is 1. The quantitative estimate of drug-likeness (QED) is 0.579. The van der Waals surface area contributed by atoms with Crippen LogP contribution in [-0.4, -0.2) is 10.5 Å². The van der Waals surface area contributed by atoms with Crippen LogP contribution in [0.5, 0.6) is 0 Å². The molecule has 0 aliphatic carbocycles. The fraction of sp³-hybridized carbons (Fsp3) is 0.143. The zero-order valence-electron chi connectivity index (χ0n) is 7.05. The van der Waals surface area contributed by atoms with E-state index < -0.39 is 10.8 Å². The molecule has 1 atom stereocenters. The molecule has 0 N–H and O–H groups in total. The average Bonchev–Trinajstić information content (AvgIpc) is 1.85. The maximum absolute atomic E-state index is 11.0. The minimum atomic E-state index is -1.23. The first-order valence-corrected chi connectivity index (χ1v) is 4.08. The second kappa shape index (κ2) is 2.78. The highest BCUT2D eigenvalue weighted by Crippen LogP contribution is 2.01. The summed E-state index contributed by atoms with van der Waals surface area (Å²) in [6, 6.07) is 5.04. The highest BCUT2D eigenvalue weighted by atomic mass is 32.2. The van der Waals surface area contributed by atoms with E-state index in [-0.39, 0.29) is 12.1 Å². The summed E-state index contributed by atoms with van der Waals surface area (Å²) in [6.45, 7) is 0. The van der Waals surface area contributed by atoms with Crippen LogP contribution in [-0.2, 0) is 10.8 Å². The smallest absolute Gasteiger partial charge is 0.0635 e. The maximum atomic E-state index is 11.0. The standard InChI is InChI=1S/C7H8OS/c1-9(8)7-5-3-2-4-6-7/h2-6H,1H3/i5D,6D. The molecule has 0 bridgehead atoms. The summed E-state index contributed by atoms with van der Waals surface area (Å²) in [6.07, 6.45) is 1.48. The van der Waals surface area contributed by atoms with Crippen LogP contribution in [0.25, 0.3) is 0 Å². The molecule has 48 valence electrons. The predicted molar refractivity (Wildman–Crippen MR) is 38.8 cm³/mol. The van der Waals surface area contributed by atoms with Crippen molar-refractivity contribution in [3.8, 4) is 0 Å². The Morgan fingerprint density at radius 2 is 2.00 bits per heavy atom. The van der Waals surface area contributed by atoms with Gasteiger partial charge < -0.3 is 0 Å². The highest BCUT2D eigenvalue weighted by Gasteiger charge is 1.90. The van der Waals surface area contributed by atoms with Crippen molar-refractivity contribution in [2.75, 3.05) is 6.26 Å². The lowest BCUT2D eigenvalue weighted by atomic mass is 10.4. The lowest BCUT2D eigenvalue weighted by molar-refractivity contribution is 0.687. The number of hydrogen-bond acceptors (Lipinski definition) is 1. The van der Waals surface area contributed by atoms with Gasteiger partial charge in [0.15, 0.2) is 0 Å². The third-order valence-corrected chi connectivity index (χ3v) is 1.72. The molecule has 0 heterocycles. The van der Waals surface area contributed by atoms with E-state index in [0.717, 1.165) is 0 Å². The van der Waals surface area contributed by atoms with Crippen LogP contribution in [0.4, 0.5) is 0 Å². The summed E-state index contributed by atoms with van der Waals surface area (Å²) in [5.41, 5.74) is 0. The van der Waals surface area contributed by atoms with Crippen LogP contribution >= 0.6 is 0 Å². The fourth-order valence-corrected chi connectivity index (χ4v) is 0.971. The van der Waals surface area contributed by atoms with Crippen molar-refractivity contribution < 1.29 is 6.95 Å². The number of rotatable bonds is 1. The Balaban J connectivity index is 3.32. The Bertz CT molecular complexity index is 278. The molecule has 0 aromatic heterocycles. The van der Waals surface area contributed by atoms with E-state index in [0.29, 0.717) is 4.90 Å². The molecule has 0 spiro atoms. The minimum absolute atomic E-state index is 0.179. The van der Waals surface area contributed by atoms with Gasteiger partial charge in [-0.25, -0.2) is 0 Å². The first-order valence-electron chi connectivity index (χ1n) is 3.52. The lowest BCUT2D eigenvalue weighted by Crippen LogP contribution is -1.83. The topological polar surface area (TPSA) is 17.1 Å². The average molecular weight is 142 g/mol. The fourth-order valence-electron chi connectivity index (χ4n) is 0.503. The summed E-state index contributed by atoms with van der Waals surface area (Å²) in [4.78, 5) is 0.313. The van der Waals surface area contributed by atoms with Crippen LogP contribution in [0.2, 0.25) is 0 Å². The first-order chi connectivity index (χ1) is 5.13. The van der Waals surface area contributed by atoms with Crippen molar-refractivity contribution >= 4 is 10.8 Å². The van der Waals surface area contributed by atoms with Crippen molar-refractivity contribution in [1.82, 2.24) is 0 Å². The Hall–Kier alpha value is -0.630. The zero-order valence-corrected chi connectivity index (χ0v) is 5.87. The molecule has 0 saturated carbocycles. The number of hydrogen-bond donors (Lipinski definition) is 0. The van der Waals surface area contributed by atoms with E-state index in [2.05, 4.69) is 0 Å². The van der Waals surface area contributed by atoms with Crippen molar-refractivity contribution in [1.29, 1.82) is 0 Å². The summed E-state index contributed by atoms with van der Waals surface area (Å²) in [7, 11) is -1.23. The van der Waals surface area contributed by atoms with E-state index in [4.69, 9.17) is 2.74 Å². The van der Waals surface area contributed by atoms with Crippen molar-refractivity contribution in [2.45, 2.75) is 4.90 Å². The van der Waals surface area contributed by atoms with Gasteiger partial charge in [0, 0.05) is 22.0 Å². The molecule has 1 unspecified atom stereocenters. The highest BCUT2D eigenvalue weighted by molar-refractivity contribution is 7.84. The van der Waals surface area contributed by atoms with Gasteiger partial charge in [0.1, 0.15) is 0 Å². The molecule has 0 fully saturated rings. The van der Waals surface area contributed by atoms with Gasteiger partial charge in [-0.2, -0.15) is 0 Å². The van der Waals surface area contributed by atoms with Gasteiger partial charge in [-0.3, -0.25) is 4.21 Å². The molecular formula is C7H8OS. The Labute approximate surface area is 60.0 Å². The van der Waals surface area contributed by atoms with Crippen LogP contribution in [0, 0.1) is 0 Å². The zero-order chi connectivity index (χ0) is 8.43. The van der Waals surface area contributed by atoms with Gasteiger partial charge in [0.2, 0.25) is 0 Å². The van der Waals surface area contributed by atoms with Gasteiger partial charge in [-0.1, -0.05) is 18.2 Å². The monoisotopic (exact) mass is 142 g/mol. The molecule has 1 nitrogen and oxygen atoms in total.